The molecule has 1 aromatic carbocycles. The predicted molar refractivity (Wildman–Crippen MR) is 46.9 cm³/mol. The Balaban J connectivity index is 2.94. The molecule has 12 heavy (non-hydrogen) atoms. The van der Waals surface area contributed by atoms with E-state index in [0.717, 1.165) is 0 Å². The second-order valence-electron chi connectivity index (χ2n) is 2.28. The van der Waals surface area contributed by atoms with Gasteiger partial charge in [0.1, 0.15) is 0 Å². The third-order valence-electron chi connectivity index (χ3n) is 1.32. The van der Waals surface area contributed by atoms with Crippen LogP contribution in [0.2, 0.25) is 0 Å². The van der Waals surface area contributed by atoms with E-state index in [-0.39, 0.29) is 5.56 Å². The number of rotatable bonds is 2. The number of aliphatic hydroxyl groups is 2. The van der Waals surface area contributed by atoms with Gasteiger partial charge >= 0.3 is 0 Å². The highest BCUT2D eigenvalue weighted by Crippen LogP contribution is 2.16. The molecular formula is C8H7BrO3. The van der Waals surface area contributed by atoms with Crippen molar-refractivity contribution in [2.24, 2.45) is 0 Å². The highest BCUT2D eigenvalue weighted by molar-refractivity contribution is 9.10. The van der Waals surface area contributed by atoms with E-state index in [0.29, 0.717) is 0 Å². The fourth-order valence-corrected chi connectivity index (χ4v) is 1.00. The number of alkyl halides is 1. The molecule has 0 spiro atoms. The average molecular weight is 231 g/mol. The Hall–Kier alpha value is -0.710. The summed E-state index contributed by atoms with van der Waals surface area (Å²) in [5, 5.41) is 17.7. The first-order valence-electron chi connectivity index (χ1n) is 3.25. The van der Waals surface area contributed by atoms with Gasteiger partial charge in [0, 0.05) is 5.56 Å². The van der Waals surface area contributed by atoms with Gasteiger partial charge in [-0.25, -0.2) is 0 Å². The first kappa shape index (κ1) is 9.38. The van der Waals surface area contributed by atoms with Crippen molar-refractivity contribution in [3.63, 3.8) is 0 Å². The summed E-state index contributed by atoms with van der Waals surface area (Å²) in [7, 11) is 0. The van der Waals surface area contributed by atoms with Crippen molar-refractivity contribution in [2.45, 2.75) is 4.70 Å². The van der Waals surface area contributed by atoms with Crippen LogP contribution in [0.5, 0.6) is 0 Å². The smallest absolute Gasteiger partial charge is 0.287 e. The molecule has 0 bridgehead atoms. The molecule has 64 valence electrons. The van der Waals surface area contributed by atoms with Crippen LogP contribution in [-0.2, 0) is 0 Å². The Labute approximate surface area is 77.8 Å². The van der Waals surface area contributed by atoms with Gasteiger partial charge in [-0.3, -0.25) is 4.79 Å². The van der Waals surface area contributed by atoms with Crippen LogP contribution in [0.1, 0.15) is 10.4 Å². The summed E-state index contributed by atoms with van der Waals surface area (Å²) in [5.74, 6) is -0.775. The third kappa shape index (κ3) is 2.14. The van der Waals surface area contributed by atoms with E-state index in [9.17, 15) is 4.79 Å². The predicted octanol–water partition coefficient (Wildman–Crippen LogP) is 0.903. The zero-order valence-electron chi connectivity index (χ0n) is 6.07. The van der Waals surface area contributed by atoms with Crippen LogP contribution in [0.15, 0.2) is 30.3 Å². The lowest BCUT2D eigenvalue weighted by Gasteiger charge is -2.10. The molecule has 1 aromatic rings. The van der Waals surface area contributed by atoms with Crippen molar-refractivity contribution in [1.29, 1.82) is 0 Å². The van der Waals surface area contributed by atoms with Gasteiger partial charge in [0.2, 0.25) is 5.78 Å². The minimum absolute atomic E-state index is 0.249. The van der Waals surface area contributed by atoms with E-state index in [1.807, 2.05) is 0 Å². The molecule has 0 aromatic heterocycles. The molecule has 0 saturated heterocycles. The lowest BCUT2D eigenvalue weighted by atomic mass is 10.1. The molecule has 1 rings (SSSR count). The van der Waals surface area contributed by atoms with Crippen molar-refractivity contribution in [3.8, 4) is 0 Å². The normalized spacial score (nSPS) is 11.2. The molecule has 0 aliphatic heterocycles. The quantitative estimate of drug-likeness (QED) is 0.451. The summed E-state index contributed by atoms with van der Waals surface area (Å²) in [6, 6.07) is 8.04. The number of hydrogen-bond donors (Lipinski definition) is 2. The van der Waals surface area contributed by atoms with Crippen molar-refractivity contribution < 1.29 is 15.0 Å². The molecule has 3 nitrogen and oxygen atoms in total. The molecule has 0 saturated carbocycles. The topological polar surface area (TPSA) is 57.5 Å². The van der Waals surface area contributed by atoms with Gasteiger partial charge in [-0.1, -0.05) is 30.3 Å². The van der Waals surface area contributed by atoms with Crippen LogP contribution in [0.25, 0.3) is 0 Å². The summed E-state index contributed by atoms with van der Waals surface area (Å²) in [5.41, 5.74) is 0.249. The monoisotopic (exact) mass is 230 g/mol. The molecule has 0 heterocycles. The number of ketones is 1. The number of benzene rings is 1. The maximum atomic E-state index is 11.1. The Morgan fingerprint density at radius 3 is 2.17 bits per heavy atom. The number of carbonyl (C=O) groups excluding carboxylic acids is 1. The largest absolute Gasteiger partial charge is 0.351 e. The van der Waals surface area contributed by atoms with E-state index >= 15 is 0 Å². The summed E-state index contributed by atoms with van der Waals surface area (Å²) in [6.07, 6.45) is 0. The van der Waals surface area contributed by atoms with Crippen LogP contribution in [0.4, 0.5) is 0 Å². The number of halogens is 1. The maximum Gasteiger partial charge on any atom is 0.287 e. The average Bonchev–Trinajstić information content (AvgIpc) is 2.03. The summed E-state index contributed by atoms with van der Waals surface area (Å²) in [6.45, 7) is 0. The summed E-state index contributed by atoms with van der Waals surface area (Å²) >= 11 is 2.44. The second kappa shape index (κ2) is 3.35. The van der Waals surface area contributed by atoms with E-state index < -0.39 is 10.5 Å². The zero-order chi connectivity index (χ0) is 9.19. The standard InChI is InChI=1S/C8H7BrO3/c9-8(11,12)7(10)6-4-2-1-3-5-6/h1-5,11-12H. The SMILES string of the molecule is O=C(c1ccccc1)C(O)(O)Br. The van der Waals surface area contributed by atoms with Gasteiger partial charge in [0.25, 0.3) is 4.70 Å². The van der Waals surface area contributed by atoms with Crippen molar-refractivity contribution >= 4 is 21.7 Å². The molecule has 2 N–H and O–H groups in total. The van der Waals surface area contributed by atoms with E-state index in [2.05, 4.69) is 15.9 Å². The van der Waals surface area contributed by atoms with Crippen LogP contribution >= 0.6 is 15.9 Å². The minimum Gasteiger partial charge on any atom is -0.351 e. The van der Waals surface area contributed by atoms with Crippen LogP contribution in [0.3, 0.4) is 0 Å². The second-order valence-corrected chi connectivity index (χ2v) is 3.39. The fraction of sp³-hybridized carbons (Fsp3) is 0.125. The Kier molecular flexibility index (Phi) is 2.62. The Bertz CT molecular complexity index is 276. The zero-order valence-corrected chi connectivity index (χ0v) is 7.65. The molecule has 0 unspecified atom stereocenters. The first-order chi connectivity index (χ1) is 5.52. The van der Waals surface area contributed by atoms with E-state index in [1.165, 1.54) is 12.1 Å². The molecule has 4 heteroatoms. The van der Waals surface area contributed by atoms with E-state index in [1.54, 1.807) is 18.2 Å². The van der Waals surface area contributed by atoms with Crippen molar-refractivity contribution in [3.05, 3.63) is 35.9 Å². The highest BCUT2D eigenvalue weighted by Gasteiger charge is 2.29. The lowest BCUT2D eigenvalue weighted by Crippen LogP contribution is -2.30. The molecule has 0 amide bonds. The van der Waals surface area contributed by atoms with Gasteiger partial charge in [-0.15, -0.1) is 0 Å². The van der Waals surface area contributed by atoms with Crippen LogP contribution in [0, 0.1) is 0 Å². The molecule has 0 fully saturated rings. The lowest BCUT2D eigenvalue weighted by molar-refractivity contribution is -0.0419. The van der Waals surface area contributed by atoms with Gasteiger partial charge in [-0.2, -0.15) is 0 Å². The van der Waals surface area contributed by atoms with Crippen LogP contribution < -0.4 is 0 Å². The summed E-state index contributed by atoms with van der Waals surface area (Å²) in [4.78, 5) is 11.1. The minimum atomic E-state index is -2.46. The molecular weight excluding hydrogens is 224 g/mol. The number of Topliss-reactive ketones (excluding diaryl/α,β-unsaturated/α-hetero) is 1. The third-order valence-corrected chi connectivity index (χ3v) is 1.69. The Morgan fingerprint density at radius 2 is 1.75 bits per heavy atom. The molecule has 0 aliphatic rings. The maximum absolute atomic E-state index is 11.1. The first-order valence-corrected chi connectivity index (χ1v) is 4.04. The van der Waals surface area contributed by atoms with Gasteiger partial charge in [-0.05, 0) is 15.9 Å². The molecule has 0 atom stereocenters. The van der Waals surface area contributed by atoms with Crippen molar-refractivity contribution in [1.82, 2.24) is 0 Å². The van der Waals surface area contributed by atoms with Crippen molar-refractivity contribution in [2.75, 3.05) is 0 Å². The molecule has 0 aliphatic carbocycles. The van der Waals surface area contributed by atoms with Gasteiger partial charge < -0.3 is 10.2 Å². The Morgan fingerprint density at radius 1 is 1.25 bits per heavy atom. The number of carbonyl (C=O) groups is 1. The van der Waals surface area contributed by atoms with Gasteiger partial charge in [0.05, 0.1) is 0 Å². The van der Waals surface area contributed by atoms with Crippen LogP contribution in [-0.4, -0.2) is 20.7 Å². The fourth-order valence-electron chi connectivity index (χ4n) is 0.773. The molecule has 0 radical (unpaired) electrons. The summed E-state index contributed by atoms with van der Waals surface area (Å²) < 4.78 is -2.46. The number of hydrogen-bond acceptors (Lipinski definition) is 3. The highest BCUT2D eigenvalue weighted by atomic mass is 79.9. The van der Waals surface area contributed by atoms with E-state index in [4.69, 9.17) is 10.2 Å². The van der Waals surface area contributed by atoms with Gasteiger partial charge in [0.15, 0.2) is 0 Å².